The molecule has 5 nitrogen and oxygen atoms in total. The van der Waals surface area contributed by atoms with Crippen molar-refractivity contribution in [2.75, 3.05) is 5.32 Å². The van der Waals surface area contributed by atoms with Gasteiger partial charge in [0.05, 0.1) is 17.5 Å². The fraction of sp³-hybridized carbons (Fsp3) is 0.273. The molecular weight excluding hydrogens is 372 g/mol. The topological polar surface area (TPSA) is 61.0 Å². The Morgan fingerprint density at radius 2 is 1.79 bits per heavy atom. The van der Waals surface area contributed by atoms with E-state index < -0.39 is 0 Å². The summed E-state index contributed by atoms with van der Waals surface area (Å²) in [7, 11) is 0. The summed E-state index contributed by atoms with van der Waals surface area (Å²) < 4.78 is 0. The van der Waals surface area contributed by atoms with Gasteiger partial charge >= 0.3 is 0 Å². The fourth-order valence-corrected chi connectivity index (χ4v) is 4.53. The van der Waals surface area contributed by atoms with Crippen molar-refractivity contribution >= 4 is 23.2 Å². The average molecular weight is 393 g/mol. The number of nitrogens with one attached hydrogen (secondary N) is 2. The number of halogens is 1. The van der Waals surface area contributed by atoms with Crippen molar-refractivity contribution in [3.63, 3.8) is 0 Å². The van der Waals surface area contributed by atoms with Gasteiger partial charge in [0.2, 0.25) is 0 Å². The Morgan fingerprint density at radius 1 is 1.04 bits per heavy atom. The zero-order valence-corrected chi connectivity index (χ0v) is 16.1. The van der Waals surface area contributed by atoms with E-state index in [4.69, 9.17) is 11.6 Å². The summed E-state index contributed by atoms with van der Waals surface area (Å²) in [5.41, 5.74) is 4.48. The molecule has 1 aliphatic heterocycles. The summed E-state index contributed by atoms with van der Waals surface area (Å²) in [5, 5.41) is 11.7. The lowest BCUT2D eigenvalue weighted by Gasteiger charge is -2.41. The van der Waals surface area contributed by atoms with Crippen molar-refractivity contribution in [2.45, 2.75) is 37.9 Å². The number of nitrogens with zero attached hydrogens (tertiary/aromatic N) is 2. The van der Waals surface area contributed by atoms with Gasteiger partial charge < -0.3 is 10.2 Å². The van der Waals surface area contributed by atoms with Gasteiger partial charge in [0.1, 0.15) is 6.17 Å². The number of hydrogen-bond acceptors (Lipinski definition) is 3. The lowest BCUT2D eigenvalue weighted by Crippen LogP contribution is -2.47. The molecule has 2 N–H and O–H groups in total. The molecule has 1 aliphatic carbocycles. The number of rotatable bonds is 3. The molecular formula is C22H21ClN4O. The Bertz CT molecular complexity index is 1010. The van der Waals surface area contributed by atoms with E-state index in [1.165, 1.54) is 0 Å². The van der Waals surface area contributed by atoms with Crippen molar-refractivity contribution in [3.8, 4) is 11.3 Å². The minimum absolute atomic E-state index is 0.0921. The molecule has 0 spiro atoms. The second-order valence-corrected chi connectivity index (χ2v) is 7.89. The number of aromatic nitrogens is 2. The Morgan fingerprint density at radius 3 is 2.57 bits per heavy atom. The van der Waals surface area contributed by atoms with Crippen molar-refractivity contribution in [1.29, 1.82) is 0 Å². The number of para-hydroxylation sites is 1. The minimum atomic E-state index is -0.255. The predicted octanol–water partition coefficient (Wildman–Crippen LogP) is 5.24. The monoisotopic (exact) mass is 392 g/mol. The van der Waals surface area contributed by atoms with Gasteiger partial charge in [0.25, 0.3) is 5.91 Å². The Balaban J connectivity index is 1.61. The van der Waals surface area contributed by atoms with Gasteiger partial charge in [0.15, 0.2) is 0 Å². The second-order valence-electron chi connectivity index (χ2n) is 7.45. The van der Waals surface area contributed by atoms with Crippen LogP contribution in [0.3, 0.4) is 0 Å². The Kier molecular flexibility index (Phi) is 4.32. The van der Waals surface area contributed by atoms with Crippen LogP contribution in [0.15, 0.2) is 54.7 Å². The predicted molar refractivity (Wildman–Crippen MR) is 110 cm³/mol. The first-order valence-electron chi connectivity index (χ1n) is 9.70. The highest BCUT2D eigenvalue weighted by atomic mass is 35.5. The molecule has 1 fully saturated rings. The van der Waals surface area contributed by atoms with E-state index in [9.17, 15) is 4.79 Å². The van der Waals surface area contributed by atoms with Crippen molar-refractivity contribution in [3.05, 3.63) is 70.9 Å². The third kappa shape index (κ3) is 2.87. The van der Waals surface area contributed by atoms with Crippen LogP contribution in [-0.2, 0) is 0 Å². The third-order valence-corrected chi connectivity index (χ3v) is 6.03. The molecule has 0 unspecified atom stereocenters. The zero-order chi connectivity index (χ0) is 19.1. The van der Waals surface area contributed by atoms with E-state index in [-0.39, 0.29) is 18.1 Å². The van der Waals surface area contributed by atoms with Crippen LogP contribution in [0, 0.1) is 0 Å². The number of amides is 1. The van der Waals surface area contributed by atoms with E-state index in [0.29, 0.717) is 5.02 Å². The molecule has 0 radical (unpaired) electrons. The molecule has 2 aromatic carbocycles. The standard InChI is InChI=1S/C22H21ClN4O/c23-15-11-9-14(10-12-15)20-18(13-24-26-20)21-25-19-8-4-3-7-17(19)22(28)27(21)16-5-1-2-6-16/h3-4,7-13,16,21,25H,1-2,5-6H2,(H,24,26)/t21-/m1/s1. The highest BCUT2D eigenvalue weighted by Crippen LogP contribution is 2.40. The smallest absolute Gasteiger partial charge is 0.258 e. The van der Waals surface area contributed by atoms with Crippen LogP contribution < -0.4 is 5.32 Å². The number of aromatic amines is 1. The molecule has 1 atom stereocenters. The van der Waals surface area contributed by atoms with E-state index in [2.05, 4.69) is 15.5 Å². The normalized spacial score (nSPS) is 19.5. The van der Waals surface area contributed by atoms with E-state index in [1.54, 1.807) is 0 Å². The number of hydrogen-bond donors (Lipinski definition) is 2. The van der Waals surface area contributed by atoms with Gasteiger partial charge in [-0.25, -0.2) is 0 Å². The maximum absolute atomic E-state index is 13.4. The number of carbonyl (C=O) groups is 1. The number of benzene rings is 2. The van der Waals surface area contributed by atoms with Crippen LogP contribution in [0.2, 0.25) is 5.02 Å². The fourth-order valence-electron chi connectivity index (χ4n) is 4.41. The minimum Gasteiger partial charge on any atom is -0.361 e. The summed E-state index contributed by atoms with van der Waals surface area (Å²) >= 11 is 6.06. The summed E-state index contributed by atoms with van der Waals surface area (Å²) in [6, 6.07) is 15.7. The summed E-state index contributed by atoms with van der Waals surface area (Å²) in [6.45, 7) is 0. The first-order chi connectivity index (χ1) is 13.7. The molecule has 0 saturated heterocycles. The highest BCUT2D eigenvalue weighted by Gasteiger charge is 2.39. The highest BCUT2D eigenvalue weighted by molar-refractivity contribution is 6.30. The van der Waals surface area contributed by atoms with Crippen LogP contribution in [0.25, 0.3) is 11.3 Å². The molecule has 5 rings (SSSR count). The van der Waals surface area contributed by atoms with Crippen LogP contribution in [0.4, 0.5) is 5.69 Å². The van der Waals surface area contributed by atoms with Crippen molar-refractivity contribution in [2.24, 2.45) is 0 Å². The van der Waals surface area contributed by atoms with Gasteiger partial charge in [-0.05, 0) is 37.1 Å². The summed E-state index contributed by atoms with van der Waals surface area (Å²) in [6.07, 6.45) is 5.98. The second kappa shape index (κ2) is 6.99. The molecule has 2 heterocycles. The first-order valence-corrected chi connectivity index (χ1v) is 10.1. The van der Waals surface area contributed by atoms with Gasteiger partial charge in [0, 0.05) is 27.9 Å². The molecule has 142 valence electrons. The third-order valence-electron chi connectivity index (χ3n) is 5.78. The Labute approximate surface area is 168 Å². The van der Waals surface area contributed by atoms with Gasteiger partial charge in [-0.1, -0.05) is 48.7 Å². The van der Waals surface area contributed by atoms with Crippen LogP contribution in [0.1, 0.15) is 47.8 Å². The molecule has 1 saturated carbocycles. The van der Waals surface area contributed by atoms with Crippen molar-refractivity contribution in [1.82, 2.24) is 15.1 Å². The lowest BCUT2D eigenvalue weighted by molar-refractivity contribution is 0.0585. The summed E-state index contributed by atoms with van der Waals surface area (Å²) in [5.74, 6) is 0.0921. The quantitative estimate of drug-likeness (QED) is 0.640. The first kappa shape index (κ1) is 17.3. The Hall–Kier alpha value is -2.79. The molecule has 3 aromatic rings. The molecule has 0 bridgehead atoms. The van der Waals surface area contributed by atoms with E-state index in [1.807, 2.05) is 59.6 Å². The van der Waals surface area contributed by atoms with Gasteiger partial charge in [-0.3, -0.25) is 9.89 Å². The largest absolute Gasteiger partial charge is 0.361 e. The maximum atomic E-state index is 13.4. The van der Waals surface area contributed by atoms with E-state index >= 15 is 0 Å². The van der Waals surface area contributed by atoms with E-state index in [0.717, 1.165) is 53.8 Å². The maximum Gasteiger partial charge on any atom is 0.258 e. The lowest BCUT2D eigenvalue weighted by atomic mass is 9.99. The van der Waals surface area contributed by atoms with Crippen LogP contribution >= 0.6 is 11.6 Å². The molecule has 1 amide bonds. The van der Waals surface area contributed by atoms with Gasteiger partial charge in [-0.15, -0.1) is 0 Å². The van der Waals surface area contributed by atoms with Crippen molar-refractivity contribution < 1.29 is 4.79 Å². The van der Waals surface area contributed by atoms with Crippen LogP contribution in [-0.4, -0.2) is 27.0 Å². The van der Waals surface area contributed by atoms with Gasteiger partial charge in [-0.2, -0.15) is 5.10 Å². The molecule has 6 heteroatoms. The van der Waals surface area contributed by atoms with Crippen LogP contribution in [0.5, 0.6) is 0 Å². The summed E-state index contributed by atoms with van der Waals surface area (Å²) in [4.78, 5) is 15.5. The SMILES string of the molecule is O=C1c2ccccc2N[C@@H](c2cn[nH]c2-c2ccc(Cl)cc2)N1C1CCCC1. The average Bonchev–Trinajstić information content (AvgIpc) is 3.40. The molecule has 2 aliphatic rings. The zero-order valence-electron chi connectivity index (χ0n) is 15.4. The number of carbonyl (C=O) groups excluding carboxylic acids is 1. The number of H-pyrrole nitrogens is 1. The molecule has 28 heavy (non-hydrogen) atoms. The molecule has 1 aromatic heterocycles. The number of fused-ring (bicyclic) bond motifs is 1. The number of anilines is 1.